The summed E-state index contributed by atoms with van der Waals surface area (Å²) in [4.78, 5) is 4.76. The maximum Gasteiger partial charge on any atom is 0.123 e. The molecule has 0 aromatic heterocycles. The summed E-state index contributed by atoms with van der Waals surface area (Å²) < 4.78 is 5.19. The standard InChI is InChI=1S/C10H14ClNO2/c1-7-9(11)4-8(6-12-14-3)5-10(7)13-2/h4-5,12H,6H2,1-3H3. The van der Waals surface area contributed by atoms with Gasteiger partial charge in [-0.15, -0.1) is 0 Å². The molecule has 14 heavy (non-hydrogen) atoms. The quantitative estimate of drug-likeness (QED) is 0.782. The van der Waals surface area contributed by atoms with Crippen molar-refractivity contribution in [1.29, 1.82) is 0 Å². The third-order valence-corrected chi connectivity index (χ3v) is 2.39. The lowest BCUT2D eigenvalue weighted by molar-refractivity contribution is 0.0867. The Hall–Kier alpha value is -0.770. The molecule has 0 saturated heterocycles. The minimum atomic E-state index is 0.604. The monoisotopic (exact) mass is 215 g/mol. The number of hydrogen-bond donors (Lipinski definition) is 1. The van der Waals surface area contributed by atoms with Crippen LogP contribution in [0.2, 0.25) is 5.02 Å². The Morgan fingerprint density at radius 2 is 2.07 bits per heavy atom. The summed E-state index contributed by atoms with van der Waals surface area (Å²) in [5, 5.41) is 0.706. The fourth-order valence-electron chi connectivity index (χ4n) is 1.18. The largest absolute Gasteiger partial charge is 0.496 e. The molecular formula is C10H14ClNO2. The van der Waals surface area contributed by atoms with E-state index in [9.17, 15) is 0 Å². The van der Waals surface area contributed by atoms with Crippen LogP contribution in [-0.4, -0.2) is 14.2 Å². The first-order valence-corrected chi connectivity index (χ1v) is 4.65. The first-order chi connectivity index (χ1) is 6.69. The lowest BCUT2D eigenvalue weighted by Gasteiger charge is -2.09. The van der Waals surface area contributed by atoms with E-state index in [0.29, 0.717) is 11.6 Å². The highest BCUT2D eigenvalue weighted by molar-refractivity contribution is 6.31. The third kappa shape index (κ3) is 2.61. The van der Waals surface area contributed by atoms with Crippen molar-refractivity contribution in [3.8, 4) is 5.75 Å². The second-order valence-electron chi connectivity index (χ2n) is 2.93. The van der Waals surface area contributed by atoms with Crippen LogP contribution >= 0.6 is 11.6 Å². The summed E-state index contributed by atoms with van der Waals surface area (Å²) in [6.07, 6.45) is 0. The molecule has 0 bridgehead atoms. The van der Waals surface area contributed by atoms with Crippen molar-refractivity contribution in [1.82, 2.24) is 5.48 Å². The summed E-state index contributed by atoms with van der Waals surface area (Å²) in [5.41, 5.74) is 4.73. The molecule has 1 aromatic rings. The number of ether oxygens (including phenoxy) is 1. The molecule has 4 heteroatoms. The summed E-state index contributed by atoms with van der Waals surface area (Å²) in [6.45, 7) is 2.53. The van der Waals surface area contributed by atoms with Crippen molar-refractivity contribution in [2.45, 2.75) is 13.5 Å². The molecule has 1 aromatic carbocycles. The molecular weight excluding hydrogens is 202 g/mol. The van der Waals surface area contributed by atoms with E-state index in [4.69, 9.17) is 21.2 Å². The second-order valence-corrected chi connectivity index (χ2v) is 3.34. The first kappa shape index (κ1) is 11.3. The molecule has 0 aliphatic rings. The van der Waals surface area contributed by atoms with Gasteiger partial charge in [0, 0.05) is 17.1 Å². The Morgan fingerprint density at radius 1 is 1.36 bits per heavy atom. The van der Waals surface area contributed by atoms with Crippen LogP contribution in [-0.2, 0) is 11.4 Å². The van der Waals surface area contributed by atoms with E-state index < -0.39 is 0 Å². The second kappa shape index (κ2) is 5.20. The predicted molar refractivity (Wildman–Crippen MR) is 56.6 cm³/mol. The SMILES string of the molecule is CONCc1cc(Cl)c(C)c(OC)c1. The van der Waals surface area contributed by atoms with Gasteiger partial charge in [0.25, 0.3) is 0 Å². The average Bonchev–Trinajstić information content (AvgIpc) is 2.19. The summed E-state index contributed by atoms with van der Waals surface area (Å²) >= 11 is 6.03. The average molecular weight is 216 g/mol. The van der Waals surface area contributed by atoms with E-state index in [1.807, 2.05) is 19.1 Å². The number of halogens is 1. The van der Waals surface area contributed by atoms with Crippen LogP contribution in [0.3, 0.4) is 0 Å². The highest BCUT2D eigenvalue weighted by Crippen LogP contribution is 2.27. The molecule has 0 aliphatic heterocycles. The van der Waals surface area contributed by atoms with Crippen LogP contribution in [0.1, 0.15) is 11.1 Å². The summed E-state index contributed by atoms with van der Waals surface area (Å²) in [7, 11) is 3.21. The van der Waals surface area contributed by atoms with Gasteiger partial charge in [0.15, 0.2) is 0 Å². The van der Waals surface area contributed by atoms with Crippen molar-refractivity contribution in [2.75, 3.05) is 14.2 Å². The minimum Gasteiger partial charge on any atom is -0.496 e. The van der Waals surface area contributed by atoms with Gasteiger partial charge in [-0.05, 0) is 24.6 Å². The molecule has 0 aliphatic carbocycles. The van der Waals surface area contributed by atoms with Crippen LogP contribution < -0.4 is 10.2 Å². The Labute approximate surface area is 88.9 Å². The van der Waals surface area contributed by atoms with Crippen molar-refractivity contribution in [3.63, 3.8) is 0 Å². The highest BCUT2D eigenvalue weighted by Gasteiger charge is 2.05. The Kier molecular flexibility index (Phi) is 4.20. The normalized spacial score (nSPS) is 10.3. The van der Waals surface area contributed by atoms with Gasteiger partial charge in [-0.25, -0.2) is 0 Å². The molecule has 1 N–H and O–H groups in total. The Balaban J connectivity index is 2.91. The first-order valence-electron chi connectivity index (χ1n) is 4.28. The zero-order valence-corrected chi connectivity index (χ0v) is 9.31. The van der Waals surface area contributed by atoms with Gasteiger partial charge in [-0.3, -0.25) is 0 Å². The zero-order chi connectivity index (χ0) is 10.6. The highest BCUT2D eigenvalue weighted by atomic mass is 35.5. The van der Waals surface area contributed by atoms with Crippen molar-refractivity contribution in [2.24, 2.45) is 0 Å². The van der Waals surface area contributed by atoms with E-state index in [1.165, 1.54) is 0 Å². The Morgan fingerprint density at radius 3 is 2.64 bits per heavy atom. The van der Waals surface area contributed by atoms with Gasteiger partial charge in [-0.1, -0.05) is 11.6 Å². The number of methoxy groups -OCH3 is 1. The van der Waals surface area contributed by atoms with Gasteiger partial charge in [-0.2, -0.15) is 5.48 Å². The van der Waals surface area contributed by atoms with Crippen LogP contribution in [0.25, 0.3) is 0 Å². The third-order valence-electron chi connectivity index (χ3n) is 2.00. The lowest BCUT2D eigenvalue weighted by atomic mass is 10.1. The predicted octanol–water partition coefficient (Wildman–Crippen LogP) is 2.31. The number of nitrogens with one attached hydrogen (secondary N) is 1. The van der Waals surface area contributed by atoms with Gasteiger partial charge in [0.2, 0.25) is 0 Å². The van der Waals surface area contributed by atoms with Gasteiger partial charge >= 0.3 is 0 Å². The fourth-order valence-corrected chi connectivity index (χ4v) is 1.41. The van der Waals surface area contributed by atoms with Crippen LogP contribution in [0.15, 0.2) is 12.1 Å². The molecule has 0 fully saturated rings. The van der Waals surface area contributed by atoms with Crippen LogP contribution in [0.5, 0.6) is 5.75 Å². The topological polar surface area (TPSA) is 30.5 Å². The van der Waals surface area contributed by atoms with Crippen LogP contribution in [0, 0.1) is 6.92 Å². The molecule has 0 radical (unpaired) electrons. The van der Waals surface area contributed by atoms with E-state index in [2.05, 4.69) is 5.48 Å². The molecule has 0 atom stereocenters. The number of rotatable bonds is 4. The maximum atomic E-state index is 6.03. The molecule has 1 rings (SSSR count). The van der Waals surface area contributed by atoms with E-state index >= 15 is 0 Å². The van der Waals surface area contributed by atoms with Crippen molar-refractivity contribution < 1.29 is 9.57 Å². The van der Waals surface area contributed by atoms with Crippen molar-refractivity contribution >= 4 is 11.6 Å². The van der Waals surface area contributed by atoms with Crippen LogP contribution in [0.4, 0.5) is 0 Å². The molecule has 0 unspecified atom stereocenters. The van der Waals surface area contributed by atoms with E-state index in [1.54, 1.807) is 14.2 Å². The van der Waals surface area contributed by atoms with Gasteiger partial charge < -0.3 is 9.57 Å². The van der Waals surface area contributed by atoms with E-state index in [0.717, 1.165) is 16.9 Å². The number of hydrogen-bond acceptors (Lipinski definition) is 3. The number of benzene rings is 1. The Bertz CT molecular complexity index is 315. The lowest BCUT2D eigenvalue weighted by Crippen LogP contribution is -2.10. The molecule has 0 saturated carbocycles. The van der Waals surface area contributed by atoms with Gasteiger partial charge in [0.1, 0.15) is 5.75 Å². The zero-order valence-electron chi connectivity index (χ0n) is 8.56. The summed E-state index contributed by atoms with van der Waals surface area (Å²) in [6, 6.07) is 3.83. The van der Waals surface area contributed by atoms with Crippen molar-refractivity contribution in [3.05, 3.63) is 28.3 Å². The molecule has 0 amide bonds. The maximum absolute atomic E-state index is 6.03. The van der Waals surface area contributed by atoms with E-state index in [-0.39, 0.29) is 0 Å². The van der Waals surface area contributed by atoms with Gasteiger partial charge in [0.05, 0.1) is 14.2 Å². The fraction of sp³-hybridized carbons (Fsp3) is 0.400. The molecule has 0 heterocycles. The number of hydroxylamine groups is 1. The summed E-state index contributed by atoms with van der Waals surface area (Å²) in [5.74, 6) is 0.797. The smallest absolute Gasteiger partial charge is 0.123 e. The minimum absolute atomic E-state index is 0.604. The molecule has 78 valence electrons. The molecule has 0 spiro atoms. The molecule has 3 nitrogen and oxygen atoms in total.